The van der Waals surface area contributed by atoms with Gasteiger partial charge in [-0.05, 0) is 123 Å². The highest BCUT2D eigenvalue weighted by atomic mass is 19.4. The van der Waals surface area contributed by atoms with Crippen molar-refractivity contribution in [2.45, 2.75) is 134 Å². The highest BCUT2D eigenvalue weighted by Gasteiger charge is 2.45. The summed E-state index contributed by atoms with van der Waals surface area (Å²) in [7, 11) is 0. The van der Waals surface area contributed by atoms with Crippen LogP contribution in [0.5, 0.6) is 11.5 Å². The van der Waals surface area contributed by atoms with E-state index < -0.39 is 35.7 Å². The fourth-order valence-corrected chi connectivity index (χ4v) is 8.42. The number of alkyl halides is 5. The van der Waals surface area contributed by atoms with Crippen molar-refractivity contribution in [1.29, 1.82) is 0 Å². The Morgan fingerprint density at radius 3 is 1.87 bits per heavy atom. The zero-order chi connectivity index (χ0) is 32.9. The fourth-order valence-electron chi connectivity index (χ4n) is 8.42. The highest BCUT2D eigenvalue weighted by Crippen LogP contribution is 2.47. The molecular weight excluding hydrogens is 609 g/mol. The van der Waals surface area contributed by atoms with Gasteiger partial charge in [-0.25, -0.2) is 8.78 Å². The average Bonchev–Trinajstić information content (AvgIpc) is 3.02. The first-order valence-corrected chi connectivity index (χ1v) is 17.3. The molecule has 0 aromatic heterocycles. The summed E-state index contributed by atoms with van der Waals surface area (Å²) in [5.74, 6) is -1.93. The van der Waals surface area contributed by atoms with Crippen molar-refractivity contribution in [1.82, 2.24) is 0 Å². The van der Waals surface area contributed by atoms with Crippen molar-refractivity contribution >= 4 is 0 Å². The summed E-state index contributed by atoms with van der Waals surface area (Å²) in [6.07, 6.45) is 7.52. The lowest BCUT2D eigenvalue weighted by Crippen LogP contribution is -2.37. The zero-order valence-corrected chi connectivity index (χ0v) is 26.7. The molecule has 2 aromatic carbocycles. The second-order valence-corrected chi connectivity index (χ2v) is 14.0. The van der Waals surface area contributed by atoms with Gasteiger partial charge in [-0.2, -0.15) is 8.78 Å². The molecule has 0 N–H and O–H groups in total. The van der Waals surface area contributed by atoms with Gasteiger partial charge >= 0.3 is 12.5 Å². The van der Waals surface area contributed by atoms with Crippen LogP contribution in [-0.4, -0.2) is 12.5 Å². The van der Waals surface area contributed by atoms with Crippen LogP contribution >= 0.6 is 0 Å². The third-order valence-electron chi connectivity index (χ3n) is 11.1. The van der Waals surface area contributed by atoms with Crippen LogP contribution in [-0.2, 0) is 0 Å². The molecule has 0 amide bonds. The van der Waals surface area contributed by atoms with E-state index in [1.165, 1.54) is 64.2 Å². The van der Waals surface area contributed by atoms with Crippen LogP contribution < -0.4 is 9.47 Å². The summed E-state index contributed by atoms with van der Waals surface area (Å²) in [4.78, 5) is 0. The van der Waals surface area contributed by atoms with Gasteiger partial charge in [0.2, 0.25) is 0 Å². The van der Waals surface area contributed by atoms with Crippen LogP contribution in [0.15, 0.2) is 36.4 Å². The highest BCUT2D eigenvalue weighted by molar-refractivity contribution is 5.34. The predicted molar refractivity (Wildman–Crippen MR) is 164 cm³/mol. The smallest absolute Gasteiger partial charge is 0.432 e. The van der Waals surface area contributed by atoms with Gasteiger partial charge in [-0.3, -0.25) is 0 Å². The van der Waals surface area contributed by atoms with Gasteiger partial charge in [0, 0.05) is 6.07 Å². The van der Waals surface area contributed by atoms with Crippen LogP contribution in [0.25, 0.3) is 0 Å². The molecule has 0 saturated heterocycles. The van der Waals surface area contributed by atoms with E-state index in [9.17, 15) is 26.3 Å². The Hall–Kier alpha value is -2.45. The van der Waals surface area contributed by atoms with Crippen LogP contribution in [0.4, 0.5) is 30.7 Å². The molecule has 0 heterocycles. The number of unbranched alkanes of at least 4 members (excludes halogenated alkanes) is 2. The standard InChI is InChI=1S/C37H47F7O2/c1-2-3-4-5-24-6-8-25(9-7-24)26-10-12-27(13-11-26)29-16-20-32(33(38)22-29)28-14-17-30(18-15-28)36(40,41)45-31-19-21-35(34(39)23-31)46-37(42,43)44/h16,19-28,30H,2-15,17-18H2,1H3. The molecule has 256 valence electrons. The first-order valence-electron chi connectivity index (χ1n) is 17.3. The van der Waals surface area contributed by atoms with Gasteiger partial charge in [-0.1, -0.05) is 57.6 Å². The third kappa shape index (κ3) is 9.12. The van der Waals surface area contributed by atoms with Gasteiger partial charge in [0.1, 0.15) is 11.6 Å². The summed E-state index contributed by atoms with van der Waals surface area (Å²) < 4.78 is 105. The van der Waals surface area contributed by atoms with E-state index in [1.807, 2.05) is 12.1 Å². The molecule has 2 nitrogen and oxygen atoms in total. The summed E-state index contributed by atoms with van der Waals surface area (Å²) in [5, 5.41) is 0. The zero-order valence-electron chi connectivity index (χ0n) is 26.7. The van der Waals surface area contributed by atoms with Crippen LogP contribution in [0.2, 0.25) is 0 Å². The van der Waals surface area contributed by atoms with Crippen LogP contribution in [0, 0.1) is 35.3 Å². The summed E-state index contributed by atoms with van der Waals surface area (Å²) >= 11 is 0. The number of ether oxygens (including phenoxy) is 2. The normalized spacial score (nSPS) is 27.7. The summed E-state index contributed by atoms with van der Waals surface area (Å²) in [6, 6.07) is 7.38. The van der Waals surface area contributed by atoms with Crippen molar-refractivity contribution in [2.24, 2.45) is 23.7 Å². The number of hydrogen-bond donors (Lipinski definition) is 0. The molecule has 0 unspecified atom stereocenters. The monoisotopic (exact) mass is 656 g/mol. The van der Waals surface area contributed by atoms with E-state index in [4.69, 9.17) is 4.74 Å². The molecule has 2 aromatic rings. The van der Waals surface area contributed by atoms with Crippen molar-refractivity contribution in [3.63, 3.8) is 0 Å². The number of benzene rings is 2. The third-order valence-corrected chi connectivity index (χ3v) is 11.1. The molecule has 9 heteroatoms. The first-order chi connectivity index (χ1) is 21.9. The number of hydrogen-bond acceptors (Lipinski definition) is 2. The first kappa shape index (κ1) is 34.9. The van der Waals surface area contributed by atoms with E-state index in [0.29, 0.717) is 36.5 Å². The Morgan fingerprint density at radius 2 is 1.28 bits per heavy atom. The van der Waals surface area contributed by atoms with Crippen molar-refractivity contribution in [3.05, 3.63) is 59.2 Å². The minimum Gasteiger partial charge on any atom is -0.432 e. The molecule has 5 rings (SSSR count). The van der Waals surface area contributed by atoms with Gasteiger partial charge in [0.15, 0.2) is 11.6 Å². The largest absolute Gasteiger partial charge is 0.573 e. The van der Waals surface area contributed by atoms with E-state index in [-0.39, 0.29) is 24.6 Å². The SMILES string of the molecule is CCCCCC1CCC(C2CCC(c3ccc(C4CCC(C(F)(F)Oc5ccc(OC(F)(F)F)c(F)c5)CC4)c(F)c3)CC2)CC1. The van der Waals surface area contributed by atoms with Gasteiger partial charge in [-0.15, -0.1) is 13.2 Å². The number of rotatable bonds is 11. The molecule has 0 spiro atoms. The molecular formula is C37H47F7O2. The molecule has 0 radical (unpaired) electrons. The maximum absolute atomic E-state index is 15.4. The Bertz CT molecular complexity index is 1250. The van der Waals surface area contributed by atoms with Gasteiger partial charge < -0.3 is 9.47 Å². The lowest BCUT2D eigenvalue weighted by Gasteiger charge is -2.38. The molecule has 0 atom stereocenters. The molecule has 0 aliphatic heterocycles. The average molecular weight is 657 g/mol. The molecule has 3 fully saturated rings. The maximum Gasteiger partial charge on any atom is 0.573 e. The Balaban J connectivity index is 1.08. The molecule has 46 heavy (non-hydrogen) atoms. The van der Waals surface area contributed by atoms with Gasteiger partial charge in [0.25, 0.3) is 0 Å². The van der Waals surface area contributed by atoms with E-state index >= 15 is 4.39 Å². The van der Waals surface area contributed by atoms with Crippen molar-refractivity contribution < 1.29 is 40.2 Å². The summed E-state index contributed by atoms with van der Waals surface area (Å²) in [6.45, 7) is 2.26. The lowest BCUT2D eigenvalue weighted by molar-refractivity contribution is -0.275. The Labute approximate surface area is 268 Å². The fraction of sp³-hybridized carbons (Fsp3) is 0.676. The van der Waals surface area contributed by atoms with E-state index in [1.54, 1.807) is 6.07 Å². The summed E-state index contributed by atoms with van der Waals surface area (Å²) in [5.41, 5.74) is 1.59. The van der Waals surface area contributed by atoms with Crippen LogP contribution in [0.1, 0.15) is 133 Å². The van der Waals surface area contributed by atoms with Gasteiger partial charge in [0.05, 0.1) is 5.92 Å². The van der Waals surface area contributed by atoms with E-state index in [2.05, 4.69) is 11.7 Å². The van der Waals surface area contributed by atoms with Crippen LogP contribution in [0.3, 0.4) is 0 Å². The Morgan fingerprint density at radius 1 is 0.652 bits per heavy atom. The predicted octanol–water partition coefficient (Wildman–Crippen LogP) is 12.5. The molecule has 0 bridgehead atoms. The molecule has 3 aliphatic rings. The van der Waals surface area contributed by atoms with Crippen molar-refractivity contribution in [2.75, 3.05) is 0 Å². The maximum atomic E-state index is 15.4. The lowest BCUT2D eigenvalue weighted by atomic mass is 9.68. The Kier molecular flexibility index (Phi) is 11.5. The topological polar surface area (TPSA) is 18.5 Å². The minimum atomic E-state index is -5.11. The molecule has 3 saturated carbocycles. The second kappa shape index (κ2) is 15.2. The van der Waals surface area contributed by atoms with Crippen molar-refractivity contribution in [3.8, 4) is 11.5 Å². The van der Waals surface area contributed by atoms with E-state index in [0.717, 1.165) is 42.2 Å². The number of halogens is 7. The quantitative estimate of drug-likeness (QED) is 0.177. The minimum absolute atomic E-state index is 0.0707. The second-order valence-electron chi connectivity index (χ2n) is 14.0. The molecule has 3 aliphatic carbocycles.